The van der Waals surface area contributed by atoms with Crippen molar-refractivity contribution in [1.29, 1.82) is 0 Å². The van der Waals surface area contributed by atoms with Crippen LogP contribution in [0, 0.1) is 0 Å². The van der Waals surface area contributed by atoms with E-state index in [1.807, 2.05) is 0 Å². The van der Waals surface area contributed by atoms with Gasteiger partial charge in [0.05, 0.1) is 15.6 Å². The average Bonchev–Trinajstić information content (AvgIpc) is 2.52. The molecule has 0 fully saturated rings. The maximum atomic E-state index is 12.7. The summed E-state index contributed by atoms with van der Waals surface area (Å²) in [6, 6.07) is 9.84. The molecule has 0 aliphatic heterocycles. The average molecular weight is 492 g/mol. The fourth-order valence-corrected chi connectivity index (χ4v) is 2.98. The predicted molar refractivity (Wildman–Crippen MR) is 104 cm³/mol. The number of hydrogen-bond donors (Lipinski definition) is 1. The van der Waals surface area contributed by atoms with Gasteiger partial charge in [0, 0.05) is 14.5 Å². The maximum absolute atomic E-state index is 12.7. The molecule has 0 aromatic heterocycles. The van der Waals surface area contributed by atoms with Crippen LogP contribution in [0.1, 0.15) is 22.8 Å². The van der Waals surface area contributed by atoms with Crippen molar-refractivity contribution in [2.45, 2.75) is 6.92 Å². The third-order valence-electron chi connectivity index (χ3n) is 3.38. The molecule has 7 heteroatoms. The molecular formula is C17H11Br2Cl2NO2. The zero-order chi connectivity index (χ0) is 18.0. The highest BCUT2D eigenvalue weighted by Gasteiger charge is 2.22. The number of allylic oxidation sites excluding steroid dienone is 1. The van der Waals surface area contributed by atoms with E-state index < -0.39 is 11.7 Å². The van der Waals surface area contributed by atoms with Crippen molar-refractivity contribution in [2.24, 2.45) is 5.73 Å². The second-order valence-corrected chi connectivity index (χ2v) is 7.47. The summed E-state index contributed by atoms with van der Waals surface area (Å²) in [6.07, 6.45) is 0. The Morgan fingerprint density at radius 2 is 1.38 bits per heavy atom. The summed E-state index contributed by atoms with van der Waals surface area (Å²) in [7, 11) is 0. The topological polar surface area (TPSA) is 60.2 Å². The number of hydrogen-bond acceptors (Lipinski definition) is 2. The van der Waals surface area contributed by atoms with E-state index in [1.165, 1.54) is 6.07 Å². The van der Waals surface area contributed by atoms with Crippen LogP contribution in [0.15, 0.2) is 50.9 Å². The number of carbonyl (C=O) groups is 2. The smallest absolute Gasteiger partial charge is 0.252 e. The third kappa shape index (κ3) is 4.09. The molecule has 124 valence electrons. The van der Waals surface area contributed by atoms with Crippen LogP contribution in [0.4, 0.5) is 0 Å². The summed E-state index contributed by atoms with van der Waals surface area (Å²) in [4.78, 5) is 24.6. The fourth-order valence-electron chi connectivity index (χ4n) is 2.12. The lowest BCUT2D eigenvalue weighted by Gasteiger charge is -2.10. The second-order valence-electron chi connectivity index (χ2n) is 4.95. The maximum Gasteiger partial charge on any atom is 0.252 e. The van der Waals surface area contributed by atoms with Crippen LogP contribution in [-0.2, 0) is 4.79 Å². The van der Waals surface area contributed by atoms with Crippen molar-refractivity contribution in [3.63, 3.8) is 0 Å². The van der Waals surface area contributed by atoms with E-state index in [1.54, 1.807) is 37.3 Å². The van der Waals surface area contributed by atoms with Crippen LogP contribution < -0.4 is 5.73 Å². The van der Waals surface area contributed by atoms with Crippen LogP contribution in [0.5, 0.6) is 0 Å². The summed E-state index contributed by atoms with van der Waals surface area (Å²) >= 11 is 18.7. The highest BCUT2D eigenvalue weighted by molar-refractivity contribution is 9.10. The first-order chi connectivity index (χ1) is 11.2. The molecule has 0 saturated heterocycles. The van der Waals surface area contributed by atoms with Crippen LogP contribution in [0.2, 0.25) is 10.0 Å². The molecule has 0 unspecified atom stereocenters. The van der Waals surface area contributed by atoms with Crippen molar-refractivity contribution < 1.29 is 9.59 Å². The van der Waals surface area contributed by atoms with Crippen LogP contribution in [0.3, 0.4) is 0 Å². The molecule has 0 spiro atoms. The summed E-state index contributed by atoms with van der Waals surface area (Å²) in [5, 5.41) is 0.837. The molecule has 0 atom stereocenters. The molecule has 0 bridgehead atoms. The molecule has 0 radical (unpaired) electrons. The normalized spacial score (nSPS) is 11.9. The van der Waals surface area contributed by atoms with Gasteiger partial charge in [0.2, 0.25) is 0 Å². The van der Waals surface area contributed by atoms with E-state index in [4.69, 9.17) is 28.9 Å². The highest BCUT2D eigenvalue weighted by Crippen LogP contribution is 2.30. The van der Waals surface area contributed by atoms with Gasteiger partial charge >= 0.3 is 0 Å². The Morgan fingerprint density at radius 3 is 1.83 bits per heavy atom. The summed E-state index contributed by atoms with van der Waals surface area (Å²) < 4.78 is 1.37. The first-order valence-electron chi connectivity index (χ1n) is 6.68. The standard InChI is InChI=1S/C17H11Br2Cl2NO2/c1-8(9-2-4-11(18)13(20)6-9)15(17(22)24)16(23)10-3-5-12(19)14(21)7-10/h2-7H,1H3,(H2,22,24)/b15-8+. The van der Waals surface area contributed by atoms with E-state index in [0.717, 1.165) is 0 Å². The quantitative estimate of drug-likeness (QED) is 0.259. The van der Waals surface area contributed by atoms with Crippen molar-refractivity contribution in [3.05, 3.63) is 72.1 Å². The third-order valence-corrected chi connectivity index (χ3v) is 5.85. The van der Waals surface area contributed by atoms with Gasteiger partial charge in [-0.05, 0) is 80.3 Å². The number of carbonyl (C=O) groups excluding carboxylic acids is 2. The molecule has 3 nitrogen and oxygen atoms in total. The van der Waals surface area contributed by atoms with Crippen molar-refractivity contribution >= 4 is 72.3 Å². The number of primary amides is 1. The van der Waals surface area contributed by atoms with Gasteiger partial charge in [-0.3, -0.25) is 9.59 Å². The largest absolute Gasteiger partial charge is 0.365 e. The van der Waals surface area contributed by atoms with E-state index in [2.05, 4.69) is 31.9 Å². The molecule has 1 amide bonds. The molecule has 24 heavy (non-hydrogen) atoms. The van der Waals surface area contributed by atoms with Gasteiger partial charge < -0.3 is 5.73 Å². The minimum Gasteiger partial charge on any atom is -0.365 e. The SMILES string of the molecule is C/C(=C(\C(N)=O)C(=O)c1ccc(Br)c(Cl)c1)c1ccc(Br)c(Cl)c1. The molecule has 0 aliphatic carbocycles. The van der Waals surface area contributed by atoms with Crippen molar-refractivity contribution in [3.8, 4) is 0 Å². The zero-order valence-electron chi connectivity index (χ0n) is 12.4. The Kier molecular flexibility index (Phi) is 6.26. The number of amides is 1. The molecule has 2 N–H and O–H groups in total. The molecule has 0 aliphatic rings. The van der Waals surface area contributed by atoms with Gasteiger partial charge in [-0.1, -0.05) is 29.3 Å². The first-order valence-corrected chi connectivity index (χ1v) is 9.02. The number of Topliss-reactive ketones (excluding diaryl/α,β-unsaturated/α-hetero) is 1. The lowest BCUT2D eigenvalue weighted by Crippen LogP contribution is -2.22. The van der Waals surface area contributed by atoms with E-state index >= 15 is 0 Å². The van der Waals surface area contributed by atoms with Crippen LogP contribution in [-0.4, -0.2) is 11.7 Å². The molecular weight excluding hydrogens is 481 g/mol. The molecule has 2 aromatic rings. The molecule has 0 saturated carbocycles. The van der Waals surface area contributed by atoms with Crippen LogP contribution in [0.25, 0.3) is 5.57 Å². The summed E-state index contributed by atoms with van der Waals surface area (Å²) in [6.45, 7) is 1.65. The van der Waals surface area contributed by atoms with Crippen LogP contribution >= 0.6 is 55.1 Å². The monoisotopic (exact) mass is 489 g/mol. The number of benzene rings is 2. The lowest BCUT2D eigenvalue weighted by atomic mass is 9.94. The van der Waals surface area contributed by atoms with E-state index in [-0.39, 0.29) is 11.1 Å². The van der Waals surface area contributed by atoms with Gasteiger partial charge in [-0.2, -0.15) is 0 Å². The zero-order valence-corrected chi connectivity index (χ0v) is 17.1. The fraction of sp³-hybridized carbons (Fsp3) is 0.0588. The van der Waals surface area contributed by atoms with Gasteiger partial charge in [0.25, 0.3) is 5.91 Å². The summed E-state index contributed by atoms with van der Waals surface area (Å²) in [5.74, 6) is -1.30. The van der Waals surface area contributed by atoms with E-state index in [0.29, 0.717) is 30.1 Å². The van der Waals surface area contributed by atoms with Crippen molar-refractivity contribution in [2.75, 3.05) is 0 Å². The Labute approximate surface area is 166 Å². The van der Waals surface area contributed by atoms with Crippen molar-refractivity contribution in [1.82, 2.24) is 0 Å². The Balaban J connectivity index is 2.58. The second kappa shape index (κ2) is 7.83. The Hall–Kier alpha value is -1.14. The van der Waals surface area contributed by atoms with Gasteiger partial charge in [-0.25, -0.2) is 0 Å². The van der Waals surface area contributed by atoms with Gasteiger partial charge in [0.15, 0.2) is 5.78 Å². The summed E-state index contributed by atoms with van der Waals surface area (Å²) in [5.41, 5.74) is 6.70. The van der Waals surface area contributed by atoms with Gasteiger partial charge in [-0.15, -0.1) is 0 Å². The minimum absolute atomic E-state index is 0.105. The molecule has 0 heterocycles. The Morgan fingerprint density at radius 1 is 0.917 bits per heavy atom. The molecule has 2 rings (SSSR count). The predicted octanol–water partition coefficient (Wildman–Crippen LogP) is 5.66. The first kappa shape index (κ1) is 19.2. The lowest BCUT2D eigenvalue weighted by molar-refractivity contribution is -0.114. The Bertz CT molecular complexity index is 879. The number of rotatable bonds is 4. The highest BCUT2D eigenvalue weighted by atomic mass is 79.9. The van der Waals surface area contributed by atoms with E-state index in [9.17, 15) is 9.59 Å². The van der Waals surface area contributed by atoms with Gasteiger partial charge in [0.1, 0.15) is 0 Å². The number of ketones is 1. The number of nitrogens with two attached hydrogens (primary N) is 1. The molecule has 2 aromatic carbocycles. The minimum atomic E-state index is -0.810. The number of halogens is 4.